The molecule has 1 fully saturated rings. The molecule has 1 saturated heterocycles. The second-order valence-corrected chi connectivity index (χ2v) is 8.96. The van der Waals surface area contributed by atoms with Crippen LogP contribution in [0.4, 0.5) is 10.5 Å². The maximum atomic E-state index is 12.7. The summed E-state index contributed by atoms with van der Waals surface area (Å²) in [7, 11) is 0. The highest BCUT2D eigenvalue weighted by atomic mass is 16.5. The predicted octanol–water partition coefficient (Wildman–Crippen LogP) is 3.71. The standard InChI is InChI=1S/C28H28N6O3/c29-27(35)24-7-4-13-30-26(24)18-37-23-10-8-21(9-11-23)25-17-34(19-32-25)28(36)31-15-20-12-14-33(16-20)22-5-2-1-3-6-22/h1-11,13,17,19-20H,12,14-16,18H2,(H2,29,35)(H,31,36). The van der Waals surface area contributed by atoms with Gasteiger partial charge in [0.2, 0.25) is 0 Å². The lowest BCUT2D eigenvalue weighted by Gasteiger charge is -2.18. The van der Waals surface area contributed by atoms with Crippen LogP contribution in [0.5, 0.6) is 5.75 Å². The molecule has 2 aromatic heterocycles. The number of aromatic nitrogens is 3. The normalized spacial score (nSPS) is 14.9. The van der Waals surface area contributed by atoms with Gasteiger partial charge in [-0.3, -0.25) is 14.3 Å². The van der Waals surface area contributed by atoms with E-state index in [1.54, 1.807) is 36.7 Å². The number of hydrogen-bond donors (Lipinski definition) is 2. The SMILES string of the molecule is NC(=O)c1cccnc1COc1ccc(-c2cn(C(=O)NCC3CCN(c4ccccc4)C3)cn2)cc1. The largest absolute Gasteiger partial charge is 0.487 e. The van der Waals surface area contributed by atoms with E-state index in [4.69, 9.17) is 10.5 Å². The van der Waals surface area contributed by atoms with Crippen LogP contribution >= 0.6 is 0 Å². The zero-order chi connectivity index (χ0) is 25.6. The Morgan fingerprint density at radius 3 is 2.62 bits per heavy atom. The molecule has 3 heterocycles. The second-order valence-electron chi connectivity index (χ2n) is 8.96. The van der Waals surface area contributed by atoms with Gasteiger partial charge in [-0.05, 0) is 60.9 Å². The molecule has 2 aromatic carbocycles. The highest BCUT2D eigenvalue weighted by Gasteiger charge is 2.23. The van der Waals surface area contributed by atoms with E-state index in [1.165, 1.54) is 16.6 Å². The van der Waals surface area contributed by atoms with Crippen LogP contribution in [0.1, 0.15) is 22.5 Å². The zero-order valence-electron chi connectivity index (χ0n) is 20.3. The van der Waals surface area contributed by atoms with E-state index in [2.05, 4.69) is 32.3 Å². The molecule has 2 amide bonds. The highest BCUT2D eigenvalue weighted by Crippen LogP contribution is 2.24. The molecule has 188 valence electrons. The Labute approximate surface area is 214 Å². The molecule has 1 unspecified atom stereocenters. The molecule has 4 aromatic rings. The van der Waals surface area contributed by atoms with Crippen LogP contribution in [-0.2, 0) is 6.61 Å². The molecular formula is C28H28N6O3. The van der Waals surface area contributed by atoms with Crippen molar-refractivity contribution in [1.29, 1.82) is 0 Å². The number of primary amides is 1. The molecule has 0 saturated carbocycles. The van der Waals surface area contributed by atoms with Crippen molar-refractivity contribution >= 4 is 17.6 Å². The van der Waals surface area contributed by atoms with Gasteiger partial charge < -0.3 is 20.7 Å². The van der Waals surface area contributed by atoms with E-state index in [-0.39, 0.29) is 12.6 Å². The van der Waals surface area contributed by atoms with E-state index in [0.29, 0.717) is 35.2 Å². The summed E-state index contributed by atoms with van der Waals surface area (Å²) in [6.45, 7) is 2.67. The molecule has 0 radical (unpaired) electrons. The fraction of sp³-hybridized carbons (Fsp3) is 0.214. The summed E-state index contributed by atoms with van der Waals surface area (Å²) in [5.41, 5.74) is 8.96. The number of hydrogen-bond acceptors (Lipinski definition) is 6. The molecule has 1 aliphatic rings. The molecule has 37 heavy (non-hydrogen) atoms. The summed E-state index contributed by atoms with van der Waals surface area (Å²) in [5, 5.41) is 3.03. The first-order valence-electron chi connectivity index (χ1n) is 12.2. The van der Waals surface area contributed by atoms with Gasteiger partial charge in [-0.15, -0.1) is 0 Å². The lowest BCUT2D eigenvalue weighted by molar-refractivity contribution is 0.0997. The van der Waals surface area contributed by atoms with Crippen LogP contribution in [0.2, 0.25) is 0 Å². The van der Waals surface area contributed by atoms with E-state index in [1.807, 2.05) is 30.3 Å². The van der Waals surface area contributed by atoms with E-state index in [9.17, 15) is 9.59 Å². The van der Waals surface area contributed by atoms with Crippen molar-refractivity contribution < 1.29 is 14.3 Å². The molecule has 0 spiro atoms. The number of carbonyl (C=O) groups excluding carboxylic acids is 2. The van der Waals surface area contributed by atoms with Gasteiger partial charge in [-0.25, -0.2) is 9.78 Å². The third kappa shape index (κ3) is 5.78. The van der Waals surface area contributed by atoms with Gasteiger partial charge in [0.1, 0.15) is 18.7 Å². The molecular weight excluding hydrogens is 468 g/mol. The van der Waals surface area contributed by atoms with Gasteiger partial charge in [-0.2, -0.15) is 0 Å². The van der Waals surface area contributed by atoms with Crippen molar-refractivity contribution in [2.75, 3.05) is 24.5 Å². The van der Waals surface area contributed by atoms with Crippen LogP contribution in [0.3, 0.4) is 0 Å². The molecule has 0 bridgehead atoms. The third-order valence-corrected chi connectivity index (χ3v) is 6.45. The minimum Gasteiger partial charge on any atom is -0.487 e. The Hall–Kier alpha value is -4.66. The number of nitrogens with two attached hydrogens (primary N) is 1. The Morgan fingerprint density at radius 2 is 1.84 bits per heavy atom. The monoisotopic (exact) mass is 496 g/mol. The average Bonchev–Trinajstić information content (AvgIpc) is 3.62. The molecule has 1 atom stereocenters. The number of nitrogens with zero attached hydrogens (tertiary/aromatic N) is 4. The fourth-order valence-corrected chi connectivity index (χ4v) is 4.43. The van der Waals surface area contributed by atoms with Crippen molar-refractivity contribution in [3.8, 4) is 17.0 Å². The minimum atomic E-state index is -0.543. The van der Waals surface area contributed by atoms with Crippen molar-refractivity contribution in [3.63, 3.8) is 0 Å². The number of amides is 2. The first-order valence-corrected chi connectivity index (χ1v) is 12.2. The number of imidazole rings is 1. The smallest absolute Gasteiger partial charge is 0.326 e. The van der Waals surface area contributed by atoms with Gasteiger partial charge in [0.15, 0.2) is 0 Å². The lowest BCUT2D eigenvalue weighted by Crippen LogP contribution is -2.33. The molecule has 5 rings (SSSR count). The minimum absolute atomic E-state index is 0.122. The highest BCUT2D eigenvalue weighted by molar-refractivity contribution is 5.93. The van der Waals surface area contributed by atoms with Gasteiger partial charge in [-0.1, -0.05) is 18.2 Å². The first kappa shape index (κ1) is 24.1. The van der Waals surface area contributed by atoms with Crippen molar-refractivity contribution in [3.05, 3.63) is 96.7 Å². The summed E-state index contributed by atoms with van der Waals surface area (Å²) >= 11 is 0. The fourth-order valence-electron chi connectivity index (χ4n) is 4.43. The van der Waals surface area contributed by atoms with Gasteiger partial charge >= 0.3 is 6.03 Å². The number of nitrogens with one attached hydrogen (secondary N) is 1. The Morgan fingerprint density at radius 1 is 1.03 bits per heavy atom. The van der Waals surface area contributed by atoms with Crippen LogP contribution < -0.4 is 20.7 Å². The summed E-state index contributed by atoms with van der Waals surface area (Å²) in [6.07, 6.45) is 5.87. The quantitative estimate of drug-likeness (QED) is 0.384. The van der Waals surface area contributed by atoms with Crippen LogP contribution in [-0.4, -0.2) is 46.1 Å². The van der Waals surface area contributed by atoms with Crippen molar-refractivity contribution in [2.24, 2.45) is 11.7 Å². The Kier molecular flexibility index (Phi) is 7.12. The van der Waals surface area contributed by atoms with Crippen molar-refractivity contribution in [1.82, 2.24) is 19.9 Å². The number of para-hydroxylation sites is 1. The summed E-state index contributed by atoms with van der Waals surface area (Å²) in [5.74, 6) is 0.479. The van der Waals surface area contributed by atoms with Crippen LogP contribution in [0.15, 0.2) is 85.5 Å². The number of carbonyl (C=O) groups is 2. The predicted molar refractivity (Wildman–Crippen MR) is 140 cm³/mol. The molecule has 9 heteroatoms. The van der Waals surface area contributed by atoms with E-state index < -0.39 is 5.91 Å². The zero-order valence-corrected chi connectivity index (χ0v) is 20.3. The molecule has 1 aliphatic heterocycles. The second kappa shape index (κ2) is 10.9. The Bertz CT molecular complexity index is 1370. The van der Waals surface area contributed by atoms with E-state index >= 15 is 0 Å². The maximum absolute atomic E-state index is 12.7. The molecule has 3 N–H and O–H groups in total. The lowest BCUT2D eigenvalue weighted by atomic mass is 10.1. The van der Waals surface area contributed by atoms with Crippen molar-refractivity contribution in [2.45, 2.75) is 13.0 Å². The van der Waals surface area contributed by atoms with E-state index in [0.717, 1.165) is 25.1 Å². The van der Waals surface area contributed by atoms with Crippen LogP contribution in [0.25, 0.3) is 11.3 Å². The first-order chi connectivity index (χ1) is 18.1. The number of rotatable bonds is 8. The number of pyridine rings is 1. The Balaban J connectivity index is 1.13. The van der Waals surface area contributed by atoms with Gasteiger partial charge in [0, 0.05) is 43.3 Å². The molecule has 0 aliphatic carbocycles. The molecule has 9 nitrogen and oxygen atoms in total. The summed E-state index contributed by atoms with van der Waals surface area (Å²) in [4.78, 5) is 35.1. The van der Waals surface area contributed by atoms with Gasteiger partial charge in [0.25, 0.3) is 5.91 Å². The third-order valence-electron chi connectivity index (χ3n) is 6.45. The summed E-state index contributed by atoms with van der Waals surface area (Å²) < 4.78 is 7.24. The van der Waals surface area contributed by atoms with Crippen LogP contribution in [0, 0.1) is 5.92 Å². The number of ether oxygens (including phenoxy) is 1. The maximum Gasteiger partial charge on any atom is 0.326 e. The average molecular weight is 497 g/mol. The number of anilines is 1. The number of benzene rings is 2. The van der Waals surface area contributed by atoms with Gasteiger partial charge in [0.05, 0.1) is 17.0 Å². The summed E-state index contributed by atoms with van der Waals surface area (Å²) in [6, 6.07) is 20.8. The topological polar surface area (TPSA) is 115 Å².